The second-order valence-electron chi connectivity index (χ2n) is 17.4. The Bertz CT molecular complexity index is 2780. The molecule has 9 rings (SSSR count). The molecule has 0 spiro atoms. The number of nitrogens with zero attached hydrogens (tertiary/aromatic N) is 10. The molecule has 16 heteroatoms. The number of carbonyl (C=O) groups excluding carboxylic acids is 3. The van der Waals surface area contributed by atoms with Crippen molar-refractivity contribution in [3.8, 4) is 27.9 Å². The van der Waals surface area contributed by atoms with Gasteiger partial charge in [0.15, 0.2) is 0 Å². The Hall–Kier alpha value is -7.20. The average Bonchev–Trinajstić information content (AvgIpc) is 3.69. The fraction of sp³-hybridized carbons (Fsp3) is 0.340. The molecule has 66 heavy (non-hydrogen) atoms. The SMILES string of the molecule is Cc1c(-c2ccc(-n3cnn(C)c3=O)cc2-c2ccc(N3CCC(N4CCN(c5ccc(C6CCC(=O)NC6=O)cc5F)CC4)CC3)cc2)ccnc1N(C=O)CCN(C)c1cccnc1. The minimum Gasteiger partial charge on any atom is -0.372 e. The Balaban J connectivity index is 0.878. The van der Waals surface area contributed by atoms with E-state index in [1.165, 1.54) is 21.6 Å². The maximum atomic E-state index is 15.4. The average molecular weight is 892 g/mol. The Labute approximate surface area is 383 Å². The molecule has 3 aromatic heterocycles. The number of carbonyl (C=O) groups is 3. The monoisotopic (exact) mass is 891 g/mol. The standard InChI is InChI=1S/C50H54FN11O4/c1-34-41(16-20-53-48(34)61(33-63)24-23-56(2)40-5-4-19-52-31-40)43-12-11-39(62-32-54-57(3)50(62)66)30-44(43)35-6-9-37(10-7-35)58-21-17-38(18-22-58)59-25-27-60(28-26-59)46-14-8-36(29-45(46)51)42-13-15-47(64)55-49(42)65/h4-12,14,16,19-20,29-33,38,42H,13,15,17-18,21-28H2,1-3H3,(H,55,64,65). The molecule has 0 saturated carbocycles. The van der Waals surface area contributed by atoms with Crippen molar-refractivity contribution < 1.29 is 18.8 Å². The predicted molar refractivity (Wildman–Crippen MR) is 254 cm³/mol. The number of likely N-dealkylation sites (N-methyl/N-ethyl adjacent to an activating group) is 1. The van der Waals surface area contributed by atoms with Crippen LogP contribution in [0.15, 0.2) is 109 Å². The van der Waals surface area contributed by atoms with Crippen LogP contribution in [0.2, 0.25) is 0 Å². The lowest BCUT2D eigenvalue weighted by molar-refractivity contribution is -0.134. The van der Waals surface area contributed by atoms with Crippen LogP contribution >= 0.6 is 0 Å². The molecule has 3 fully saturated rings. The summed E-state index contributed by atoms with van der Waals surface area (Å²) in [7, 11) is 3.60. The molecule has 0 aliphatic carbocycles. The van der Waals surface area contributed by atoms with E-state index in [0.29, 0.717) is 48.3 Å². The van der Waals surface area contributed by atoms with Gasteiger partial charge in [-0.05, 0) is 114 Å². The number of hydrogen-bond acceptors (Lipinski definition) is 11. The molecular weight excluding hydrogens is 838 g/mol. The number of nitrogens with one attached hydrogen (secondary N) is 1. The van der Waals surface area contributed by atoms with Gasteiger partial charge in [0, 0.05) is 97.0 Å². The highest BCUT2D eigenvalue weighted by molar-refractivity contribution is 6.01. The van der Waals surface area contributed by atoms with Gasteiger partial charge in [-0.15, -0.1) is 0 Å². The number of anilines is 4. The number of aromatic nitrogens is 5. The first-order valence-corrected chi connectivity index (χ1v) is 22.6. The van der Waals surface area contributed by atoms with E-state index >= 15 is 4.39 Å². The minimum atomic E-state index is -0.510. The fourth-order valence-electron chi connectivity index (χ4n) is 9.67. The molecule has 0 bridgehead atoms. The molecule has 1 atom stereocenters. The molecule has 1 N–H and O–H groups in total. The topological polar surface area (TPSA) is 145 Å². The van der Waals surface area contributed by atoms with Gasteiger partial charge >= 0.3 is 5.69 Å². The third-order valence-corrected chi connectivity index (χ3v) is 13.5. The van der Waals surface area contributed by atoms with Gasteiger partial charge in [-0.2, -0.15) is 5.10 Å². The van der Waals surface area contributed by atoms with Crippen LogP contribution in [0.4, 0.5) is 27.3 Å². The zero-order valence-corrected chi connectivity index (χ0v) is 37.5. The Kier molecular flexibility index (Phi) is 12.7. The highest BCUT2D eigenvalue weighted by Gasteiger charge is 2.31. The van der Waals surface area contributed by atoms with E-state index in [4.69, 9.17) is 0 Å². The fourth-order valence-corrected chi connectivity index (χ4v) is 9.67. The summed E-state index contributed by atoms with van der Waals surface area (Å²) >= 11 is 0. The normalized spacial score (nSPS) is 17.2. The zero-order valence-electron chi connectivity index (χ0n) is 37.5. The quantitative estimate of drug-likeness (QED) is 0.115. The summed E-state index contributed by atoms with van der Waals surface area (Å²) in [4.78, 5) is 69.2. The van der Waals surface area contributed by atoms with Crippen LogP contribution in [0, 0.1) is 12.7 Å². The van der Waals surface area contributed by atoms with Crippen LogP contribution in [0.25, 0.3) is 27.9 Å². The van der Waals surface area contributed by atoms with E-state index < -0.39 is 5.92 Å². The number of piperazine rings is 1. The first-order chi connectivity index (χ1) is 32.1. The number of benzene rings is 3. The van der Waals surface area contributed by atoms with E-state index in [1.54, 1.807) is 36.6 Å². The van der Waals surface area contributed by atoms with Crippen molar-refractivity contribution in [2.75, 3.05) is 79.0 Å². The lowest BCUT2D eigenvalue weighted by atomic mass is 9.90. The summed E-state index contributed by atoms with van der Waals surface area (Å²) in [6.07, 6.45) is 10.3. The van der Waals surface area contributed by atoms with Crippen molar-refractivity contribution in [2.24, 2.45) is 7.05 Å². The largest absolute Gasteiger partial charge is 0.372 e. The van der Waals surface area contributed by atoms with Gasteiger partial charge in [-0.3, -0.25) is 34.5 Å². The predicted octanol–water partition coefficient (Wildman–Crippen LogP) is 5.55. The van der Waals surface area contributed by atoms with Crippen LogP contribution in [-0.4, -0.2) is 113 Å². The van der Waals surface area contributed by atoms with Gasteiger partial charge in [0.2, 0.25) is 18.2 Å². The third-order valence-electron chi connectivity index (χ3n) is 13.5. The summed E-state index contributed by atoms with van der Waals surface area (Å²) in [5.41, 5.74) is 8.31. The van der Waals surface area contributed by atoms with Crippen molar-refractivity contribution in [1.82, 2.24) is 34.5 Å². The number of hydrogen-bond donors (Lipinski definition) is 1. The van der Waals surface area contributed by atoms with Crippen LogP contribution in [-0.2, 0) is 21.4 Å². The Morgan fingerprint density at radius 1 is 0.818 bits per heavy atom. The molecule has 340 valence electrons. The summed E-state index contributed by atoms with van der Waals surface area (Å²) < 4.78 is 18.3. The number of aryl methyl sites for hydroxylation is 1. The van der Waals surface area contributed by atoms with E-state index in [1.807, 2.05) is 56.4 Å². The van der Waals surface area contributed by atoms with Gasteiger partial charge in [-0.25, -0.2) is 23.4 Å². The maximum Gasteiger partial charge on any atom is 0.350 e. The maximum absolute atomic E-state index is 15.4. The lowest BCUT2D eigenvalue weighted by Crippen LogP contribution is -2.53. The molecule has 3 aliphatic rings. The lowest BCUT2D eigenvalue weighted by Gasteiger charge is -2.44. The van der Waals surface area contributed by atoms with Crippen LogP contribution in [0.5, 0.6) is 0 Å². The number of halogens is 1. The third kappa shape index (κ3) is 9.05. The molecule has 3 amide bonds. The molecule has 0 radical (unpaired) electrons. The van der Waals surface area contributed by atoms with Crippen molar-refractivity contribution >= 4 is 41.1 Å². The Morgan fingerprint density at radius 2 is 1.59 bits per heavy atom. The summed E-state index contributed by atoms with van der Waals surface area (Å²) in [5, 5.41) is 6.56. The highest BCUT2D eigenvalue weighted by Crippen LogP contribution is 2.39. The van der Waals surface area contributed by atoms with Crippen molar-refractivity contribution in [2.45, 2.75) is 44.6 Å². The summed E-state index contributed by atoms with van der Waals surface area (Å²) in [6, 6.07) is 25.9. The molecule has 6 aromatic rings. The molecule has 6 heterocycles. The van der Waals surface area contributed by atoms with Gasteiger partial charge in [-0.1, -0.05) is 24.3 Å². The first kappa shape index (κ1) is 44.0. The number of rotatable bonds is 13. The number of piperidine rings is 2. The molecule has 1 unspecified atom stereocenters. The van der Waals surface area contributed by atoms with Crippen LogP contribution < -0.4 is 30.6 Å². The van der Waals surface area contributed by atoms with Crippen LogP contribution in [0.1, 0.15) is 42.7 Å². The zero-order chi connectivity index (χ0) is 45.9. The number of imide groups is 1. The minimum absolute atomic E-state index is 0.248. The second-order valence-corrected chi connectivity index (χ2v) is 17.4. The smallest absolute Gasteiger partial charge is 0.350 e. The first-order valence-electron chi connectivity index (χ1n) is 22.6. The van der Waals surface area contributed by atoms with Crippen molar-refractivity contribution in [3.05, 3.63) is 131 Å². The Morgan fingerprint density at radius 3 is 2.27 bits per heavy atom. The molecular formula is C50H54FN11O4. The van der Waals surface area contributed by atoms with E-state index in [0.717, 1.165) is 97.7 Å². The van der Waals surface area contributed by atoms with Gasteiger partial charge in [0.1, 0.15) is 18.0 Å². The van der Waals surface area contributed by atoms with E-state index in [-0.39, 0.29) is 29.7 Å². The van der Waals surface area contributed by atoms with E-state index in [2.05, 4.69) is 64.2 Å². The van der Waals surface area contributed by atoms with E-state index in [9.17, 15) is 19.2 Å². The number of amides is 3. The molecule has 3 saturated heterocycles. The van der Waals surface area contributed by atoms with Crippen LogP contribution in [0.3, 0.4) is 0 Å². The van der Waals surface area contributed by atoms with Crippen molar-refractivity contribution in [3.63, 3.8) is 0 Å². The second kappa shape index (κ2) is 19.1. The number of pyridine rings is 2. The molecule has 15 nitrogen and oxygen atoms in total. The van der Waals surface area contributed by atoms with Crippen molar-refractivity contribution in [1.29, 1.82) is 0 Å². The van der Waals surface area contributed by atoms with Gasteiger partial charge in [0.25, 0.3) is 0 Å². The highest BCUT2D eigenvalue weighted by atomic mass is 19.1. The van der Waals surface area contributed by atoms with Gasteiger partial charge in [0.05, 0.1) is 29.2 Å². The molecule has 3 aromatic carbocycles. The summed E-state index contributed by atoms with van der Waals surface area (Å²) in [6.45, 7) is 7.93. The summed E-state index contributed by atoms with van der Waals surface area (Å²) in [5.74, 6) is -0.908. The van der Waals surface area contributed by atoms with Gasteiger partial charge < -0.3 is 14.7 Å². The molecule has 3 aliphatic heterocycles.